The van der Waals surface area contributed by atoms with Crippen LogP contribution in [0.5, 0.6) is 0 Å². The Hall–Kier alpha value is -1.16. The summed E-state index contributed by atoms with van der Waals surface area (Å²) in [7, 11) is 1.44. The Bertz CT molecular complexity index is 376. The van der Waals surface area contributed by atoms with Gasteiger partial charge in [0.1, 0.15) is 0 Å². The van der Waals surface area contributed by atoms with Crippen molar-refractivity contribution in [3.8, 4) is 0 Å². The zero-order valence-electron chi connectivity index (χ0n) is 11.4. The zero-order chi connectivity index (χ0) is 13.5. The van der Waals surface area contributed by atoms with Crippen molar-refractivity contribution in [1.29, 1.82) is 0 Å². The lowest BCUT2D eigenvalue weighted by atomic mass is 9.96. The number of methoxy groups -OCH3 is 1. The van der Waals surface area contributed by atoms with Crippen molar-refractivity contribution in [3.05, 3.63) is 24.3 Å². The molecule has 0 aliphatic rings. The van der Waals surface area contributed by atoms with E-state index in [-0.39, 0.29) is 17.8 Å². The van der Waals surface area contributed by atoms with Gasteiger partial charge in [-0.2, -0.15) is 0 Å². The van der Waals surface area contributed by atoms with E-state index in [0.29, 0.717) is 6.54 Å². The minimum atomic E-state index is -0.154. The maximum atomic E-state index is 11.6. The predicted molar refractivity (Wildman–Crippen MR) is 77.1 cm³/mol. The first-order valence-corrected chi connectivity index (χ1v) is 7.26. The second-order valence-electron chi connectivity index (χ2n) is 4.48. The molecule has 1 N–H and O–H groups in total. The number of ether oxygens (including phenoxy) is 1. The third-order valence-corrected chi connectivity index (χ3v) is 3.67. The quantitative estimate of drug-likeness (QED) is 0.634. The third-order valence-electron chi connectivity index (χ3n) is 2.92. The van der Waals surface area contributed by atoms with Crippen LogP contribution in [0.4, 0.5) is 5.69 Å². The monoisotopic (exact) mass is 267 g/mol. The molecular formula is C14H21NO2S. The summed E-state index contributed by atoms with van der Waals surface area (Å²) in [5, 5.41) is 3.28. The summed E-state index contributed by atoms with van der Waals surface area (Å²) >= 11 is 1.71. The van der Waals surface area contributed by atoms with Gasteiger partial charge in [-0.25, -0.2) is 0 Å². The van der Waals surface area contributed by atoms with Crippen LogP contribution in [0.15, 0.2) is 29.2 Å². The van der Waals surface area contributed by atoms with Crippen molar-refractivity contribution in [2.45, 2.75) is 18.7 Å². The summed E-state index contributed by atoms with van der Waals surface area (Å²) in [6.45, 7) is 4.66. The summed E-state index contributed by atoms with van der Waals surface area (Å²) in [5.41, 5.74) is 1.03. The molecule has 1 unspecified atom stereocenters. The number of benzene rings is 1. The number of carbonyl (C=O) groups excluding carboxylic acids is 1. The highest BCUT2D eigenvalue weighted by Crippen LogP contribution is 2.19. The van der Waals surface area contributed by atoms with E-state index >= 15 is 0 Å². The maximum Gasteiger partial charge on any atom is 0.310 e. The average Bonchev–Trinajstić information content (AvgIpc) is 2.39. The number of hydrogen-bond acceptors (Lipinski definition) is 4. The van der Waals surface area contributed by atoms with Crippen LogP contribution >= 0.6 is 11.8 Å². The van der Waals surface area contributed by atoms with Gasteiger partial charge in [-0.3, -0.25) is 4.79 Å². The van der Waals surface area contributed by atoms with E-state index in [1.54, 1.807) is 11.8 Å². The van der Waals surface area contributed by atoms with Gasteiger partial charge in [0.05, 0.1) is 13.0 Å². The molecule has 0 spiro atoms. The van der Waals surface area contributed by atoms with Gasteiger partial charge >= 0.3 is 5.97 Å². The minimum absolute atomic E-state index is 0.116. The van der Waals surface area contributed by atoms with Crippen LogP contribution < -0.4 is 5.32 Å². The summed E-state index contributed by atoms with van der Waals surface area (Å²) in [6, 6.07) is 8.19. The summed E-state index contributed by atoms with van der Waals surface area (Å²) in [4.78, 5) is 12.8. The van der Waals surface area contributed by atoms with Crippen molar-refractivity contribution in [2.75, 3.05) is 25.2 Å². The summed E-state index contributed by atoms with van der Waals surface area (Å²) < 4.78 is 4.82. The highest BCUT2D eigenvalue weighted by atomic mass is 32.2. The molecule has 0 amide bonds. The Morgan fingerprint density at radius 1 is 1.33 bits per heavy atom. The molecule has 0 aliphatic carbocycles. The molecule has 0 saturated heterocycles. The van der Waals surface area contributed by atoms with E-state index in [1.165, 1.54) is 12.0 Å². The molecule has 0 aromatic heterocycles. The molecule has 1 aromatic rings. The van der Waals surface area contributed by atoms with Crippen LogP contribution in [0.3, 0.4) is 0 Å². The fourth-order valence-corrected chi connectivity index (χ4v) is 2.09. The van der Waals surface area contributed by atoms with Gasteiger partial charge in [-0.15, -0.1) is 11.8 Å². The Morgan fingerprint density at radius 3 is 2.39 bits per heavy atom. The molecule has 0 saturated carbocycles. The van der Waals surface area contributed by atoms with Crippen molar-refractivity contribution >= 4 is 23.4 Å². The lowest BCUT2D eigenvalue weighted by Gasteiger charge is -2.19. The first-order valence-electron chi connectivity index (χ1n) is 6.04. The number of esters is 1. The fourth-order valence-electron chi connectivity index (χ4n) is 1.68. The number of carbonyl (C=O) groups is 1. The molecule has 0 fully saturated rings. The van der Waals surface area contributed by atoms with Gasteiger partial charge in [-0.1, -0.05) is 13.8 Å². The van der Waals surface area contributed by atoms with Gasteiger partial charge in [-0.05, 0) is 36.4 Å². The fraction of sp³-hybridized carbons (Fsp3) is 0.500. The summed E-state index contributed by atoms with van der Waals surface area (Å²) in [6.07, 6.45) is 2.05. The Kier molecular flexibility index (Phi) is 6.05. The lowest BCUT2D eigenvalue weighted by molar-refractivity contribution is -0.146. The van der Waals surface area contributed by atoms with Gasteiger partial charge in [0.15, 0.2) is 0 Å². The smallest absolute Gasteiger partial charge is 0.310 e. The average molecular weight is 267 g/mol. The molecule has 100 valence electrons. The SMILES string of the molecule is COC(=O)C(CNc1ccc(SC)cc1)C(C)C. The molecule has 1 aromatic carbocycles. The highest BCUT2D eigenvalue weighted by Gasteiger charge is 2.22. The first kappa shape index (κ1) is 14.9. The maximum absolute atomic E-state index is 11.6. The minimum Gasteiger partial charge on any atom is -0.469 e. The standard InChI is InChI=1S/C14H21NO2S/c1-10(2)13(14(16)17-3)9-15-11-5-7-12(18-4)8-6-11/h5-8,10,13,15H,9H2,1-4H3. The third kappa shape index (κ3) is 4.26. The molecule has 0 aliphatic heterocycles. The topological polar surface area (TPSA) is 38.3 Å². The van der Waals surface area contributed by atoms with Crippen molar-refractivity contribution in [1.82, 2.24) is 0 Å². The Morgan fingerprint density at radius 2 is 1.94 bits per heavy atom. The van der Waals surface area contributed by atoms with E-state index in [9.17, 15) is 4.79 Å². The van der Waals surface area contributed by atoms with E-state index in [2.05, 4.69) is 23.7 Å². The molecule has 0 radical (unpaired) electrons. The van der Waals surface area contributed by atoms with Crippen molar-refractivity contribution in [2.24, 2.45) is 11.8 Å². The molecule has 0 bridgehead atoms. The zero-order valence-corrected chi connectivity index (χ0v) is 12.2. The normalized spacial score (nSPS) is 12.3. The Labute approximate surface area is 113 Å². The number of nitrogens with one attached hydrogen (secondary N) is 1. The van der Waals surface area contributed by atoms with E-state index in [0.717, 1.165) is 5.69 Å². The van der Waals surface area contributed by atoms with Crippen LogP contribution in [0, 0.1) is 11.8 Å². The largest absolute Gasteiger partial charge is 0.469 e. The van der Waals surface area contributed by atoms with E-state index in [1.807, 2.05) is 26.0 Å². The van der Waals surface area contributed by atoms with Crippen LogP contribution in [0.1, 0.15) is 13.8 Å². The van der Waals surface area contributed by atoms with E-state index < -0.39 is 0 Å². The first-order chi connectivity index (χ1) is 8.58. The molecule has 18 heavy (non-hydrogen) atoms. The van der Waals surface area contributed by atoms with Crippen LogP contribution in [-0.2, 0) is 9.53 Å². The van der Waals surface area contributed by atoms with Crippen molar-refractivity contribution in [3.63, 3.8) is 0 Å². The molecule has 1 atom stereocenters. The Balaban J connectivity index is 2.58. The number of thioether (sulfide) groups is 1. The van der Waals surface area contributed by atoms with Crippen LogP contribution in [0.25, 0.3) is 0 Å². The molecule has 3 nitrogen and oxygen atoms in total. The summed E-state index contributed by atoms with van der Waals surface area (Å²) in [5.74, 6) is -0.0103. The molecule has 4 heteroatoms. The van der Waals surface area contributed by atoms with Gasteiger partial charge < -0.3 is 10.1 Å². The second-order valence-corrected chi connectivity index (χ2v) is 5.36. The van der Waals surface area contributed by atoms with Gasteiger partial charge in [0.2, 0.25) is 0 Å². The highest BCUT2D eigenvalue weighted by molar-refractivity contribution is 7.98. The number of rotatable bonds is 6. The van der Waals surface area contributed by atoms with Crippen molar-refractivity contribution < 1.29 is 9.53 Å². The predicted octanol–water partition coefficient (Wildman–Crippen LogP) is 3.27. The molecule has 1 rings (SSSR count). The second kappa shape index (κ2) is 7.31. The number of anilines is 1. The van der Waals surface area contributed by atoms with Gasteiger partial charge in [0, 0.05) is 17.1 Å². The van der Waals surface area contributed by atoms with E-state index in [4.69, 9.17) is 4.74 Å². The van der Waals surface area contributed by atoms with Crippen LogP contribution in [-0.4, -0.2) is 25.9 Å². The number of hydrogen-bond donors (Lipinski definition) is 1. The molecular weight excluding hydrogens is 246 g/mol. The van der Waals surface area contributed by atoms with Crippen LogP contribution in [0.2, 0.25) is 0 Å². The van der Waals surface area contributed by atoms with Gasteiger partial charge in [0.25, 0.3) is 0 Å². The molecule has 0 heterocycles. The lowest BCUT2D eigenvalue weighted by Crippen LogP contribution is -2.28.